The number of phenolic OH excluding ortho intramolecular Hbond substituents is 2. The van der Waals surface area contributed by atoms with Crippen LogP contribution in [-0.4, -0.2) is 61.7 Å². The molecule has 1 saturated heterocycles. The summed E-state index contributed by atoms with van der Waals surface area (Å²) in [4.78, 5) is 0. The largest absolute Gasteiger partial charge is 0.507 e. The van der Waals surface area contributed by atoms with E-state index in [0.717, 1.165) is 5.56 Å². The number of aromatic hydroxyl groups is 2. The normalized spacial score (nSPS) is 29.5. The lowest BCUT2D eigenvalue weighted by Gasteiger charge is -2.40. The highest BCUT2D eigenvalue weighted by molar-refractivity contribution is 5.69. The molecule has 6 N–H and O–H groups in total. The van der Waals surface area contributed by atoms with Gasteiger partial charge in [-0.3, -0.25) is 0 Å². The molecule has 2 aromatic carbocycles. The Morgan fingerprint density at radius 3 is 1.96 bits per heavy atom. The second-order valence-electron chi connectivity index (χ2n) is 6.04. The molecule has 7 nitrogen and oxygen atoms in total. The first kappa shape index (κ1) is 17.7. The molecule has 25 heavy (non-hydrogen) atoms. The van der Waals surface area contributed by atoms with Gasteiger partial charge in [-0.25, -0.2) is 0 Å². The van der Waals surface area contributed by atoms with Crippen molar-refractivity contribution >= 4 is 0 Å². The van der Waals surface area contributed by atoms with Crippen LogP contribution in [-0.2, 0) is 4.74 Å². The number of aliphatic hydroxyl groups is 4. The van der Waals surface area contributed by atoms with E-state index in [1.807, 2.05) is 30.3 Å². The van der Waals surface area contributed by atoms with Gasteiger partial charge < -0.3 is 35.4 Å². The van der Waals surface area contributed by atoms with Crippen molar-refractivity contribution in [3.63, 3.8) is 0 Å². The molecule has 0 radical (unpaired) electrons. The van der Waals surface area contributed by atoms with Crippen LogP contribution in [0.4, 0.5) is 0 Å². The first-order chi connectivity index (χ1) is 11.9. The highest BCUT2D eigenvalue weighted by Gasteiger charge is 2.45. The summed E-state index contributed by atoms with van der Waals surface area (Å²) in [6.07, 6.45) is -7.12. The van der Waals surface area contributed by atoms with E-state index in [-0.39, 0.29) is 17.1 Å². The van der Waals surface area contributed by atoms with Gasteiger partial charge in [-0.1, -0.05) is 30.3 Å². The van der Waals surface area contributed by atoms with Gasteiger partial charge in [0.05, 0.1) is 12.2 Å². The van der Waals surface area contributed by atoms with Crippen molar-refractivity contribution < 1.29 is 35.4 Å². The van der Waals surface area contributed by atoms with Gasteiger partial charge in [0.25, 0.3) is 0 Å². The Hall–Kier alpha value is -2.16. The van der Waals surface area contributed by atoms with E-state index < -0.39 is 37.1 Å². The Labute approximate surface area is 144 Å². The predicted molar refractivity (Wildman–Crippen MR) is 87.9 cm³/mol. The molecule has 0 unspecified atom stereocenters. The van der Waals surface area contributed by atoms with Crippen LogP contribution in [0, 0.1) is 0 Å². The average molecular weight is 348 g/mol. The van der Waals surface area contributed by atoms with Crippen molar-refractivity contribution in [1.82, 2.24) is 0 Å². The second kappa shape index (κ2) is 6.99. The molecule has 2 aromatic rings. The smallest absolute Gasteiger partial charge is 0.125 e. The summed E-state index contributed by atoms with van der Waals surface area (Å²) in [6, 6.07) is 11.9. The molecule has 1 fully saturated rings. The summed E-state index contributed by atoms with van der Waals surface area (Å²) in [7, 11) is 0. The topological polar surface area (TPSA) is 131 Å². The van der Waals surface area contributed by atoms with Crippen LogP contribution in [0.1, 0.15) is 11.7 Å². The van der Waals surface area contributed by atoms with Crippen LogP contribution >= 0.6 is 0 Å². The summed E-state index contributed by atoms with van der Waals surface area (Å²) in [5.74, 6) is -0.661. The highest BCUT2D eigenvalue weighted by Crippen LogP contribution is 2.43. The van der Waals surface area contributed by atoms with Gasteiger partial charge in [0.2, 0.25) is 0 Å². The zero-order chi connectivity index (χ0) is 18.1. The van der Waals surface area contributed by atoms with Gasteiger partial charge >= 0.3 is 0 Å². The lowest BCUT2D eigenvalue weighted by molar-refractivity contribution is -0.232. The first-order valence-electron chi connectivity index (χ1n) is 7.86. The lowest BCUT2D eigenvalue weighted by Crippen LogP contribution is -2.55. The van der Waals surface area contributed by atoms with Crippen LogP contribution in [0.2, 0.25) is 0 Å². The van der Waals surface area contributed by atoms with Gasteiger partial charge in [-0.2, -0.15) is 0 Å². The van der Waals surface area contributed by atoms with Gasteiger partial charge in [-0.15, -0.1) is 0 Å². The molecule has 0 bridgehead atoms. The van der Waals surface area contributed by atoms with Crippen molar-refractivity contribution in [2.45, 2.75) is 30.5 Å². The minimum absolute atomic E-state index is 0.114. The van der Waals surface area contributed by atoms with Crippen LogP contribution in [0.3, 0.4) is 0 Å². The van der Waals surface area contributed by atoms with Crippen molar-refractivity contribution in [2.75, 3.05) is 6.61 Å². The zero-order valence-electron chi connectivity index (χ0n) is 13.2. The standard InChI is InChI=1S/C18H20O7/c19-8-13-15(22)16(23)17(24)18(25-13)14-11(20)6-10(7-12(14)21)9-4-2-1-3-5-9/h1-7,13,15-24H,8H2/t13-,15-,16+,17-,18+/m1/s1. The third-order valence-electron chi connectivity index (χ3n) is 4.42. The quantitative estimate of drug-likeness (QED) is 0.470. The molecule has 1 aliphatic heterocycles. The molecule has 7 heteroatoms. The van der Waals surface area contributed by atoms with Crippen LogP contribution in [0.25, 0.3) is 11.1 Å². The second-order valence-corrected chi connectivity index (χ2v) is 6.04. The highest BCUT2D eigenvalue weighted by atomic mass is 16.5. The number of rotatable bonds is 3. The summed E-state index contributed by atoms with van der Waals surface area (Å²) < 4.78 is 5.39. The van der Waals surface area contributed by atoms with Crippen LogP contribution < -0.4 is 0 Å². The van der Waals surface area contributed by atoms with Crippen molar-refractivity contribution in [2.24, 2.45) is 0 Å². The molecule has 134 valence electrons. The lowest BCUT2D eigenvalue weighted by atomic mass is 9.89. The molecular weight excluding hydrogens is 328 g/mol. The molecule has 1 aliphatic rings. The van der Waals surface area contributed by atoms with Gasteiger partial charge in [0, 0.05) is 0 Å². The van der Waals surface area contributed by atoms with E-state index in [9.17, 15) is 30.6 Å². The van der Waals surface area contributed by atoms with Gasteiger partial charge in [-0.05, 0) is 23.3 Å². The Morgan fingerprint density at radius 1 is 0.800 bits per heavy atom. The van der Waals surface area contributed by atoms with E-state index in [1.54, 1.807) is 0 Å². The monoisotopic (exact) mass is 348 g/mol. The van der Waals surface area contributed by atoms with Crippen LogP contribution in [0.15, 0.2) is 42.5 Å². The molecule has 0 saturated carbocycles. The minimum atomic E-state index is -1.59. The third-order valence-corrected chi connectivity index (χ3v) is 4.42. The molecule has 5 atom stereocenters. The number of ether oxygens (including phenoxy) is 1. The van der Waals surface area contributed by atoms with Crippen molar-refractivity contribution in [3.8, 4) is 22.6 Å². The molecule has 0 aromatic heterocycles. The van der Waals surface area contributed by atoms with E-state index in [2.05, 4.69) is 0 Å². The summed E-state index contributed by atoms with van der Waals surface area (Å²) in [5, 5.41) is 59.9. The SMILES string of the molecule is OC[C@H]1O[C@@H](c2c(O)cc(-c3ccccc3)cc2O)[C@H](O)[C@@H](O)[C@@H]1O. The molecule has 0 aliphatic carbocycles. The molecule has 1 heterocycles. The zero-order valence-corrected chi connectivity index (χ0v) is 13.2. The minimum Gasteiger partial charge on any atom is -0.507 e. The Kier molecular flexibility index (Phi) is 4.94. The molecule has 0 spiro atoms. The first-order valence-corrected chi connectivity index (χ1v) is 7.86. The molecular formula is C18H20O7. The fourth-order valence-electron chi connectivity index (χ4n) is 3.05. The number of hydrogen-bond acceptors (Lipinski definition) is 7. The summed E-state index contributed by atoms with van der Waals surface area (Å²) >= 11 is 0. The average Bonchev–Trinajstić information content (AvgIpc) is 2.61. The summed E-state index contributed by atoms with van der Waals surface area (Å²) in [6.45, 7) is -0.592. The molecule has 3 rings (SSSR count). The van der Waals surface area contributed by atoms with E-state index in [0.29, 0.717) is 5.56 Å². The van der Waals surface area contributed by atoms with E-state index >= 15 is 0 Å². The van der Waals surface area contributed by atoms with Gasteiger partial charge in [0.1, 0.15) is 42.0 Å². The Bertz CT molecular complexity index is 708. The van der Waals surface area contributed by atoms with Crippen LogP contribution in [0.5, 0.6) is 11.5 Å². The maximum absolute atomic E-state index is 10.4. The molecule has 0 amide bonds. The van der Waals surface area contributed by atoms with Crippen molar-refractivity contribution in [1.29, 1.82) is 0 Å². The third kappa shape index (κ3) is 3.20. The maximum Gasteiger partial charge on any atom is 0.125 e. The van der Waals surface area contributed by atoms with Crippen molar-refractivity contribution in [3.05, 3.63) is 48.0 Å². The Morgan fingerprint density at radius 2 is 1.40 bits per heavy atom. The Balaban J connectivity index is 2.00. The predicted octanol–water partition coefficient (Wildman–Crippen LogP) is 0.280. The number of hydrogen-bond donors (Lipinski definition) is 6. The number of aliphatic hydroxyl groups excluding tert-OH is 4. The number of phenols is 2. The fourth-order valence-corrected chi connectivity index (χ4v) is 3.05. The maximum atomic E-state index is 10.4. The summed E-state index contributed by atoms with van der Waals surface area (Å²) in [5.41, 5.74) is 1.22. The fraction of sp³-hybridized carbons (Fsp3) is 0.333. The van der Waals surface area contributed by atoms with Gasteiger partial charge in [0.15, 0.2) is 0 Å². The number of benzene rings is 2. The van der Waals surface area contributed by atoms with E-state index in [4.69, 9.17) is 4.74 Å². The van der Waals surface area contributed by atoms with E-state index in [1.165, 1.54) is 12.1 Å².